The molecule has 3 nitrogen and oxygen atoms in total. The molecule has 96 valence electrons. The fraction of sp³-hybridized carbons (Fsp3) is 0.444. The summed E-state index contributed by atoms with van der Waals surface area (Å²) in [4.78, 5) is 12.0. The molecule has 0 aromatic carbocycles. The summed E-state index contributed by atoms with van der Waals surface area (Å²) in [5, 5.41) is 10.3. The van der Waals surface area contributed by atoms with Gasteiger partial charge in [-0.1, -0.05) is 0 Å². The molecule has 0 radical (unpaired) electrons. The minimum Gasteiger partial charge on any atom is -0.480 e. The van der Waals surface area contributed by atoms with Crippen molar-refractivity contribution in [3.63, 3.8) is 0 Å². The average molecular weight is 332 g/mol. The minimum absolute atomic E-state index is 0.0376. The zero-order valence-electron chi connectivity index (χ0n) is 8.50. The zero-order chi connectivity index (χ0) is 13.1. The lowest BCUT2D eigenvalue weighted by Crippen LogP contribution is -2.37. The van der Waals surface area contributed by atoms with E-state index in [0.29, 0.717) is 9.35 Å². The number of nitrogens with zero attached hydrogens (tertiary/aromatic N) is 1. The first-order valence-corrected chi connectivity index (χ1v) is 6.18. The second kappa shape index (κ2) is 5.83. The van der Waals surface area contributed by atoms with E-state index in [4.69, 9.17) is 5.11 Å². The Morgan fingerprint density at radius 1 is 1.53 bits per heavy atom. The van der Waals surface area contributed by atoms with E-state index in [0.717, 1.165) is 4.90 Å². The number of thiophene rings is 1. The summed E-state index contributed by atoms with van der Waals surface area (Å²) in [5.41, 5.74) is 0. The number of carboxylic acid groups (broad SMARTS) is 1. The van der Waals surface area contributed by atoms with Crippen LogP contribution in [0.3, 0.4) is 0 Å². The fourth-order valence-electron chi connectivity index (χ4n) is 1.25. The molecule has 0 saturated carbocycles. The van der Waals surface area contributed by atoms with Crippen molar-refractivity contribution in [3.05, 3.63) is 20.8 Å². The van der Waals surface area contributed by atoms with Crippen LogP contribution in [0.25, 0.3) is 0 Å². The van der Waals surface area contributed by atoms with Gasteiger partial charge in [-0.25, -0.2) is 0 Å². The summed E-state index contributed by atoms with van der Waals surface area (Å²) in [5.74, 6) is -1.28. The van der Waals surface area contributed by atoms with Crippen molar-refractivity contribution >= 4 is 33.2 Å². The van der Waals surface area contributed by atoms with Crippen molar-refractivity contribution in [2.75, 3.05) is 13.1 Å². The van der Waals surface area contributed by atoms with Gasteiger partial charge in [0, 0.05) is 15.9 Å². The summed E-state index contributed by atoms with van der Waals surface area (Å²) in [6.07, 6.45) is -4.40. The van der Waals surface area contributed by atoms with Gasteiger partial charge in [-0.3, -0.25) is 9.69 Å². The maximum absolute atomic E-state index is 12.2. The Hall–Kier alpha value is -0.600. The first-order chi connectivity index (χ1) is 7.78. The van der Waals surface area contributed by atoms with Gasteiger partial charge >= 0.3 is 12.1 Å². The highest BCUT2D eigenvalue weighted by Gasteiger charge is 2.31. The largest absolute Gasteiger partial charge is 0.480 e. The van der Waals surface area contributed by atoms with Gasteiger partial charge < -0.3 is 5.11 Å². The number of aliphatic carboxylic acids is 1. The van der Waals surface area contributed by atoms with Gasteiger partial charge in [-0.2, -0.15) is 13.2 Å². The van der Waals surface area contributed by atoms with E-state index in [-0.39, 0.29) is 6.54 Å². The van der Waals surface area contributed by atoms with Crippen LogP contribution in [0.4, 0.5) is 13.2 Å². The van der Waals surface area contributed by atoms with Crippen LogP contribution in [0, 0.1) is 0 Å². The molecule has 8 heteroatoms. The number of rotatable bonds is 5. The number of alkyl halides is 3. The Balaban J connectivity index is 2.70. The van der Waals surface area contributed by atoms with Crippen LogP contribution in [0.5, 0.6) is 0 Å². The molecule has 0 spiro atoms. The van der Waals surface area contributed by atoms with E-state index < -0.39 is 25.2 Å². The predicted molar refractivity (Wildman–Crippen MR) is 61.0 cm³/mol. The lowest BCUT2D eigenvalue weighted by molar-refractivity contribution is -0.154. The topological polar surface area (TPSA) is 40.5 Å². The minimum atomic E-state index is -4.40. The maximum Gasteiger partial charge on any atom is 0.401 e. The highest BCUT2D eigenvalue weighted by molar-refractivity contribution is 9.10. The summed E-state index contributed by atoms with van der Waals surface area (Å²) >= 11 is 4.48. The lowest BCUT2D eigenvalue weighted by atomic mass is 10.4. The van der Waals surface area contributed by atoms with Gasteiger partial charge in [0.25, 0.3) is 0 Å². The molecule has 17 heavy (non-hydrogen) atoms. The zero-order valence-corrected chi connectivity index (χ0v) is 10.9. The van der Waals surface area contributed by atoms with Crippen molar-refractivity contribution in [2.24, 2.45) is 0 Å². The first-order valence-electron chi connectivity index (χ1n) is 4.50. The molecule has 0 unspecified atom stereocenters. The third-order valence-corrected chi connectivity index (χ3v) is 3.73. The molecule has 1 N–H and O–H groups in total. The molecule has 0 fully saturated rings. The van der Waals surface area contributed by atoms with Crippen molar-refractivity contribution in [1.82, 2.24) is 4.90 Å². The number of carboxylic acids is 1. The standard InChI is InChI=1S/C9H9BrF3NO2S/c10-6-1-2-17-7(6)3-14(4-8(15)16)5-9(11,12)13/h1-2H,3-5H2,(H,15,16). The number of hydrogen-bond donors (Lipinski definition) is 1. The maximum atomic E-state index is 12.2. The molecule has 0 amide bonds. The predicted octanol–water partition coefficient (Wildman–Crippen LogP) is 2.96. The second-order valence-corrected chi connectivity index (χ2v) is 5.20. The van der Waals surface area contributed by atoms with Gasteiger partial charge in [0.2, 0.25) is 0 Å². The van der Waals surface area contributed by atoms with Crippen LogP contribution in [0.1, 0.15) is 4.88 Å². The number of carbonyl (C=O) groups is 1. The average Bonchev–Trinajstić information content (AvgIpc) is 2.47. The van der Waals surface area contributed by atoms with Gasteiger partial charge in [0.15, 0.2) is 0 Å². The van der Waals surface area contributed by atoms with Crippen LogP contribution < -0.4 is 0 Å². The van der Waals surface area contributed by atoms with Crippen LogP contribution in [-0.2, 0) is 11.3 Å². The molecular weight excluding hydrogens is 323 g/mol. The van der Waals surface area contributed by atoms with Gasteiger partial charge in [-0.15, -0.1) is 11.3 Å². The molecule has 1 aromatic heterocycles. The van der Waals surface area contributed by atoms with Crippen LogP contribution in [0.2, 0.25) is 0 Å². The van der Waals surface area contributed by atoms with Crippen molar-refractivity contribution in [2.45, 2.75) is 12.7 Å². The van der Waals surface area contributed by atoms with Gasteiger partial charge in [0.1, 0.15) is 0 Å². The Bertz CT molecular complexity index is 394. The van der Waals surface area contributed by atoms with E-state index in [1.807, 2.05) is 0 Å². The van der Waals surface area contributed by atoms with Crippen LogP contribution in [-0.4, -0.2) is 35.2 Å². The Labute approximate surface area is 108 Å². The van der Waals surface area contributed by atoms with Gasteiger partial charge in [0.05, 0.1) is 13.1 Å². The normalized spacial score (nSPS) is 12.1. The third kappa shape index (κ3) is 5.51. The lowest BCUT2D eigenvalue weighted by Gasteiger charge is -2.21. The summed E-state index contributed by atoms with van der Waals surface area (Å²) in [6.45, 7) is -1.91. The molecule has 1 rings (SSSR count). The Morgan fingerprint density at radius 2 is 2.18 bits per heavy atom. The SMILES string of the molecule is O=C(O)CN(Cc1sccc1Br)CC(F)(F)F. The van der Waals surface area contributed by atoms with E-state index in [2.05, 4.69) is 15.9 Å². The molecular formula is C9H9BrF3NO2S. The summed E-state index contributed by atoms with van der Waals surface area (Å²) < 4.78 is 37.4. The molecule has 0 aliphatic carbocycles. The monoisotopic (exact) mass is 331 g/mol. The molecule has 1 heterocycles. The molecule has 0 aliphatic rings. The Morgan fingerprint density at radius 3 is 2.59 bits per heavy atom. The van der Waals surface area contributed by atoms with E-state index in [9.17, 15) is 18.0 Å². The first kappa shape index (κ1) is 14.5. The summed E-state index contributed by atoms with van der Waals surface area (Å²) in [6, 6.07) is 1.71. The fourth-order valence-corrected chi connectivity index (χ4v) is 2.77. The van der Waals surface area contributed by atoms with Crippen LogP contribution in [0.15, 0.2) is 15.9 Å². The van der Waals surface area contributed by atoms with E-state index >= 15 is 0 Å². The van der Waals surface area contributed by atoms with Crippen molar-refractivity contribution in [3.8, 4) is 0 Å². The number of halogens is 4. The number of hydrogen-bond acceptors (Lipinski definition) is 3. The van der Waals surface area contributed by atoms with E-state index in [1.165, 1.54) is 11.3 Å². The van der Waals surface area contributed by atoms with E-state index in [1.54, 1.807) is 11.4 Å². The van der Waals surface area contributed by atoms with Crippen LogP contribution >= 0.6 is 27.3 Å². The molecule has 0 bridgehead atoms. The highest BCUT2D eigenvalue weighted by atomic mass is 79.9. The summed E-state index contributed by atoms with van der Waals surface area (Å²) in [7, 11) is 0. The van der Waals surface area contributed by atoms with Crippen molar-refractivity contribution < 1.29 is 23.1 Å². The molecule has 0 aliphatic heterocycles. The molecule has 1 aromatic rings. The quantitative estimate of drug-likeness (QED) is 0.901. The molecule has 0 saturated heterocycles. The van der Waals surface area contributed by atoms with Gasteiger partial charge in [-0.05, 0) is 27.4 Å². The smallest absolute Gasteiger partial charge is 0.401 e. The van der Waals surface area contributed by atoms with Crippen molar-refractivity contribution in [1.29, 1.82) is 0 Å². The highest BCUT2D eigenvalue weighted by Crippen LogP contribution is 2.25. The Kier molecular flexibility index (Phi) is 4.96. The second-order valence-electron chi connectivity index (χ2n) is 3.35. The third-order valence-electron chi connectivity index (χ3n) is 1.82. The molecule has 0 atom stereocenters.